The van der Waals surface area contributed by atoms with E-state index in [1.807, 2.05) is 30.3 Å². The SMILES string of the molecule is C[C@@H](NC(=O)c1ccno1)C(=O)N1CCN(CCCOc2ccc(-c3noc(-c4ccccc4)n3)c(F)c2)CC1. The number of hydrogen-bond acceptors (Lipinski definition) is 9. The number of rotatable bonds is 10. The van der Waals surface area contributed by atoms with E-state index in [0.29, 0.717) is 44.4 Å². The van der Waals surface area contributed by atoms with Crippen LogP contribution in [0.2, 0.25) is 0 Å². The van der Waals surface area contributed by atoms with Gasteiger partial charge in [-0.2, -0.15) is 4.98 Å². The molecule has 0 spiro atoms. The minimum atomic E-state index is -0.671. The molecule has 0 saturated carbocycles. The molecular formula is C28H29FN6O5. The highest BCUT2D eigenvalue weighted by atomic mass is 19.1. The molecule has 0 radical (unpaired) electrons. The number of nitrogens with one attached hydrogen (secondary N) is 1. The Morgan fingerprint density at radius 3 is 2.60 bits per heavy atom. The summed E-state index contributed by atoms with van der Waals surface area (Å²) in [6, 6.07) is 14.6. The largest absolute Gasteiger partial charge is 0.493 e. The number of carbonyl (C=O) groups is 2. The summed E-state index contributed by atoms with van der Waals surface area (Å²) >= 11 is 0. The highest BCUT2D eigenvalue weighted by Crippen LogP contribution is 2.26. The molecule has 2 aromatic carbocycles. The third-order valence-electron chi connectivity index (χ3n) is 6.58. The van der Waals surface area contributed by atoms with Crippen molar-refractivity contribution >= 4 is 11.8 Å². The van der Waals surface area contributed by atoms with Gasteiger partial charge in [0.15, 0.2) is 0 Å². The van der Waals surface area contributed by atoms with Crippen LogP contribution in [0.4, 0.5) is 4.39 Å². The quantitative estimate of drug-likeness (QED) is 0.297. The minimum absolute atomic E-state index is 0.0646. The van der Waals surface area contributed by atoms with Crippen LogP contribution in [-0.2, 0) is 4.79 Å². The summed E-state index contributed by atoms with van der Waals surface area (Å²) in [7, 11) is 0. The molecule has 1 aliphatic rings. The van der Waals surface area contributed by atoms with Gasteiger partial charge in [0.05, 0.1) is 18.4 Å². The van der Waals surface area contributed by atoms with Crippen molar-refractivity contribution in [1.29, 1.82) is 0 Å². The lowest BCUT2D eigenvalue weighted by Crippen LogP contribution is -2.54. The number of aromatic nitrogens is 3. The number of nitrogens with zero attached hydrogens (tertiary/aromatic N) is 5. The molecule has 40 heavy (non-hydrogen) atoms. The minimum Gasteiger partial charge on any atom is -0.493 e. The van der Waals surface area contributed by atoms with Crippen molar-refractivity contribution in [3.05, 3.63) is 72.4 Å². The first-order valence-corrected chi connectivity index (χ1v) is 13.0. The average molecular weight is 549 g/mol. The van der Waals surface area contributed by atoms with E-state index in [2.05, 4.69) is 25.5 Å². The van der Waals surface area contributed by atoms with Gasteiger partial charge >= 0.3 is 0 Å². The van der Waals surface area contributed by atoms with E-state index in [0.717, 1.165) is 18.5 Å². The second-order valence-electron chi connectivity index (χ2n) is 9.37. The molecule has 1 N–H and O–H groups in total. The summed E-state index contributed by atoms with van der Waals surface area (Å²) in [5.41, 5.74) is 0.995. The lowest BCUT2D eigenvalue weighted by molar-refractivity contribution is -0.134. The summed E-state index contributed by atoms with van der Waals surface area (Å²) in [6.07, 6.45) is 2.12. The summed E-state index contributed by atoms with van der Waals surface area (Å²) in [4.78, 5) is 33.1. The van der Waals surface area contributed by atoms with Crippen molar-refractivity contribution in [2.75, 3.05) is 39.3 Å². The van der Waals surface area contributed by atoms with Gasteiger partial charge in [0.25, 0.3) is 11.8 Å². The predicted octanol–water partition coefficient (Wildman–Crippen LogP) is 3.26. The molecule has 0 unspecified atom stereocenters. The maximum atomic E-state index is 14.8. The van der Waals surface area contributed by atoms with Crippen LogP contribution in [0.15, 0.2) is 69.8 Å². The third kappa shape index (κ3) is 6.52. The first-order chi connectivity index (χ1) is 19.5. The van der Waals surface area contributed by atoms with Crippen LogP contribution in [0.25, 0.3) is 22.8 Å². The van der Waals surface area contributed by atoms with Crippen molar-refractivity contribution < 1.29 is 27.8 Å². The summed E-state index contributed by atoms with van der Waals surface area (Å²) in [5, 5.41) is 10.0. The number of benzene rings is 2. The Morgan fingerprint density at radius 1 is 1.07 bits per heavy atom. The number of ether oxygens (including phenoxy) is 1. The molecule has 5 rings (SSSR count). The Balaban J connectivity index is 1.03. The molecule has 3 heterocycles. The van der Waals surface area contributed by atoms with Crippen molar-refractivity contribution in [2.45, 2.75) is 19.4 Å². The van der Waals surface area contributed by atoms with Crippen molar-refractivity contribution in [2.24, 2.45) is 0 Å². The normalized spacial score (nSPS) is 14.6. The maximum absolute atomic E-state index is 14.8. The van der Waals surface area contributed by atoms with Gasteiger partial charge in [-0.15, -0.1) is 0 Å². The highest BCUT2D eigenvalue weighted by Gasteiger charge is 2.26. The number of halogens is 1. The number of carbonyl (C=O) groups excluding carboxylic acids is 2. The van der Waals surface area contributed by atoms with Crippen LogP contribution < -0.4 is 10.1 Å². The summed E-state index contributed by atoms with van der Waals surface area (Å²) < 4.78 is 30.6. The Morgan fingerprint density at radius 2 is 1.88 bits per heavy atom. The van der Waals surface area contributed by atoms with E-state index in [1.165, 1.54) is 18.3 Å². The first-order valence-electron chi connectivity index (χ1n) is 13.0. The fourth-order valence-electron chi connectivity index (χ4n) is 4.40. The smallest absolute Gasteiger partial charge is 0.290 e. The number of hydrogen-bond donors (Lipinski definition) is 1. The van der Waals surface area contributed by atoms with Crippen LogP contribution in [0.5, 0.6) is 5.75 Å². The molecule has 0 bridgehead atoms. The monoisotopic (exact) mass is 548 g/mol. The Hall–Kier alpha value is -4.58. The molecule has 11 nitrogen and oxygen atoms in total. The fourth-order valence-corrected chi connectivity index (χ4v) is 4.40. The molecule has 1 fully saturated rings. The predicted molar refractivity (Wildman–Crippen MR) is 142 cm³/mol. The molecule has 1 saturated heterocycles. The number of amides is 2. The van der Waals surface area contributed by atoms with Gasteiger partial charge in [-0.1, -0.05) is 28.5 Å². The Kier molecular flexibility index (Phi) is 8.45. The molecule has 208 valence electrons. The summed E-state index contributed by atoms with van der Waals surface area (Å²) in [6.45, 7) is 5.42. The van der Waals surface area contributed by atoms with E-state index in [-0.39, 0.29) is 23.1 Å². The lowest BCUT2D eigenvalue weighted by atomic mass is 10.2. The molecule has 12 heteroatoms. The van der Waals surface area contributed by atoms with Crippen LogP contribution in [0.3, 0.4) is 0 Å². The molecule has 4 aromatic rings. The molecule has 1 aliphatic heterocycles. The second kappa shape index (κ2) is 12.5. The zero-order chi connectivity index (χ0) is 27.9. The van der Waals surface area contributed by atoms with Crippen LogP contribution in [0, 0.1) is 5.82 Å². The van der Waals surface area contributed by atoms with Crippen molar-refractivity contribution in [1.82, 2.24) is 30.4 Å². The first kappa shape index (κ1) is 27.0. The van der Waals surface area contributed by atoms with E-state index < -0.39 is 17.8 Å². The maximum Gasteiger partial charge on any atom is 0.290 e. The molecule has 2 amide bonds. The lowest BCUT2D eigenvalue weighted by Gasteiger charge is -2.36. The summed E-state index contributed by atoms with van der Waals surface area (Å²) in [5.74, 6) is -0.127. The number of piperazine rings is 1. The molecule has 1 atom stereocenters. The van der Waals surface area contributed by atoms with Gasteiger partial charge in [0.1, 0.15) is 17.6 Å². The molecule has 0 aliphatic carbocycles. The molecular weight excluding hydrogens is 519 g/mol. The standard InChI is InChI=1S/C28H29FN6O5/c1-19(31-26(36)24-10-11-30-39-24)28(37)35-15-13-34(14-16-35)12-5-17-38-21-8-9-22(23(29)18-21)25-32-27(40-33-25)20-6-3-2-4-7-20/h2-4,6-11,18-19H,5,12-17H2,1H3,(H,31,36)/t19-/m1/s1. The average Bonchev–Trinajstić information content (AvgIpc) is 3.69. The van der Waals surface area contributed by atoms with Gasteiger partial charge in [-0.3, -0.25) is 14.5 Å². The van der Waals surface area contributed by atoms with Gasteiger partial charge in [0.2, 0.25) is 17.5 Å². The zero-order valence-corrected chi connectivity index (χ0v) is 22.0. The molecule has 2 aromatic heterocycles. The van der Waals surface area contributed by atoms with Gasteiger partial charge in [-0.05, 0) is 37.6 Å². The van der Waals surface area contributed by atoms with Gasteiger partial charge in [0, 0.05) is 50.4 Å². The van der Waals surface area contributed by atoms with E-state index >= 15 is 0 Å². The Labute approximate surface area is 229 Å². The van der Waals surface area contributed by atoms with Crippen LogP contribution in [-0.4, -0.2) is 82.3 Å². The Bertz CT molecular complexity index is 1420. The second-order valence-corrected chi connectivity index (χ2v) is 9.37. The van der Waals surface area contributed by atoms with E-state index in [9.17, 15) is 14.0 Å². The fraction of sp³-hybridized carbons (Fsp3) is 0.321. The van der Waals surface area contributed by atoms with Crippen LogP contribution >= 0.6 is 0 Å². The topological polar surface area (TPSA) is 127 Å². The highest BCUT2D eigenvalue weighted by molar-refractivity contribution is 5.95. The van der Waals surface area contributed by atoms with Crippen LogP contribution in [0.1, 0.15) is 23.9 Å². The van der Waals surface area contributed by atoms with Gasteiger partial charge in [-0.25, -0.2) is 4.39 Å². The van der Waals surface area contributed by atoms with Crippen molar-refractivity contribution in [3.63, 3.8) is 0 Å². The van der Waals surface area contributed by atoms with E-state index in [1.54, 1.807) is 24.0 Å². The van der Waals surface area contributed by atoms with Crippen molar-refractivity contribution in [3.8, 4) is 28.6 Å². The van der Waals surface area contributed by atoms with E-state index in [4.69, 9.17) is 13.8 Å². The third-order valence-corrected chi connectivity index (χ3v) is 6.58. The van der Waals surface area contributed by atoms with Gasteiger partial charge < -0.3 is 24.0 Å². The zero-order valence-electron chi connectivity index (χ0n) is 22.0.